The van der Waals surface area contributed by atoms with Gasteiger partial charge in [-0.1, -0.05) is 18.2 Å². The Hall–Kier alpha value is -2.83. The van der Waals surface area contributed by atoms with E-state index in [1.165, 1.54) is 0 Å². The van der Waals surface area contributed by atoms with Crippen LogP contribution in [0.1, 0.15) is 34.7 Å². The van der Waals surface area contributed by atoms with Gasteiger partial charge >= 0.3 is 12.1 Å². The summed E-state index contributed by atoms with van der Waals surface area (Å²) in [7, 11) is 0. The van der Waals surface area contributed by atoms with Crippen molar-refractivity contribution in [3.05, 3.63) is 35.5 Å². The van der Waals surface area contributed by atoms with Crippen molar-refractivity contribution in [1.82, 2.24) is 10.3 Å². The molecule has 0 saturated carbocycles. The molecule has 0 unspecified atom stereocenters. The summed E-state index contributed by atoms with van der Waals surface area (Å²) >= 11 is 0. The van der Waals surface area contributed by atoms with Crippen molar-refractivity contribution < 1.29 is 23.9 Å². The minimum atomic E-state index is -0.682. The molecule has 7 nitrogen and oxygen atoms in total. The number of amides is 1. The second-order valence-corrected chi connectivity index (χ2v) is 4.64. The number of carbonyl (C=O) groups is 3. The molecule has 1 amide bonds. The second kappa shape index (κ2) is 7.44. The predicted molar refractivity (Wildman–Crippen MR) is 83.6 cm³/mol. The van der Waals surface area contributed by atoms with E-state index >= 15 is 0 Å². The summed E-state index contributed by atoms with van der Waals surface area (Å²) < 4.78 is 9.69. The lowest BCUT2D eigenvalue weighted by atomic mass is 10.1. The van der Waals surface area contributed by atoms with Gasteiger partial charge in [-0.25, -0.2) is 9.59 Å². The van der Waals surface area contributed by atoms with E-state index in [2.05, 4.69) is 10.3 Å². The van der Waals surface area contributed by atoms with Gasteiger partial charge in [0.05, 0.1) is 25.3 Å². The van der Waals surface area contributed by atoms with Crippen molar-refractivity contribution in [2.75, 3.05) is 19.8 Å². The van der Waals surface area contributed by atoms with E-state index in [9.17, 15) is 14.4 Å². The van der Waals surface area contributed by atoms with Crippen molar-refractivity contribution in [3.63, 3.8) is 0 Å². The van der Waals surface area contributed by atoms with E-state index in [1.54, 1.807) is 38.1 Å². The van der Waals surface area contributed by atoms with Crippen molar-refractivity contribution in [2.45, 2.75) is 13.8 Å². The number of benzene rings is 1. The predicted octanol–water partition coefficient (Wildman–Crippen LogP) is 2.27. The third kappa shape index (κ3) is 3.68. The van der Waals surface area contributed by atoms with Gasteiger partial charge in [-0.05, 0) is 19.9 Å². The molecule has 0 atom stereocenters. The molecule has 1 aromatic carbocycles. The minimum absolute atomic E-state index is 0.0868. The molecule has 2 aromatic rings. The van der Waals surface area contributed by atoms with Gasteiger partial charge in [0.25, 0.3) is 0 Å². The number of H-pyrrole nitrogens is 1. The summed E-state index contributed by atoms with van der Waals surface area (Å²) in [5.74, 6) is -1.01. The zero-order valence-corrected chi connectivity index (χ0v) is 13.0. The molecule has 0 bridgehead atoms. The Morgan fingerprint density at radius 2 is 1.78 bits per heavy atom. The first-order valence-corrected chi connectivity index (χ1v) is 7.30. The van der Waals surface area contributed by atoms with E-state index in [4.69, 9.17) is 9.47 Å². The lowest BCUT2D eigenvalue weighted by molar-refractivity contribution is 0.0517. The summed E-state index contributed by atoms with van der Waals surface area (Å²) in [5, 5.41) is 2.96. The van der Waals surface area contributed by atoms with Crippen molar-refractivity contribution in [2.24, 2.45) is 0 Å². The molecular formula is C16H18N2O5. The van der Waals surface area contributed by atoms with Gasteiger partial charge in [-0.15, -0.1) is 0 Å². The molecule has 1 heterocycles. The summed E-state index contributed by atoms with van der Waals surface area (Å²) in [6.45, 7) is 3.49. The maximum Gasteiger partial charge on any atom is 0.407 e. The lowest BCUT2D eigenvalue weighted by Crippen LogP contribution is -2.30. The Labute approximate surface area is 133 Å². The Morgan fingerprint density at radius 1 is 1.09 bits per heavy atom. The van der Waals surface area contributed by atoms with Crippen molar-refractivity contribution in [1.29, 1.82) is 0 Å². The van der Waals surface area contributed by atoms with Gasteiger partial charge in [0.2, 0.25) is 0 Å². The molecule has 2 rings (SSSR count). The standard InChI is InChI=1S/C16H18N2O5/c1-3-22-15(20)14-13(10-7-5-6-8-11(10)18-14)12(19)9-17-16(21)23-4-2/h5-8,18H,3-4,9H2,1-2H3,(H,17,21). The summed E-state index contributed by atoms with van der Waals surface area (Å²) in [5.41, 5.74) is 0.939. The number of ketones is 1. The Bertz CT molecular complexity index is 735. The minimum Gasteiger partial charge on any atom is -0.461 e. The third-order valence-electron chi connectivity index (χ3n) is 3.13. The molecule has 122 valence electrons. The Kier molecular flexibility index (Phi) is 5.35. The summed E-state index contributed by atoms with van der Waals surface area (Å²) in [4.78, 5) is 38.7. The molecule has 23 heavy (non-hydrogen) atoms. The molecule has 0 spiro atoms. The van der Waals surface area contributed by atoms with Crippen LogP contribution in [-0.2, 0) is 9.47 Å². The number of alkyl carbamates (subject to hydrolysis) is 1. The number of aromatic nitrogens is 1. The molecule has 2 N–H and O–H groups in total. The number of hydrogen-bond donors (Lipinski definition) is 2. The van der Waals surface area contributed by atoms with E-state index in [0.29, 0.717) is 10.9 Å². The maximum atomic E-state index is 12.5. The van der Waals surface area contributed by atoms with Crippen LogP contribution in [0.3, 0.4) is 0 Å². The lowest BCUT2D eigenvalue weighted by Gasteiger charge is -2.06. The number of nitrogens with one attached hydrogen (secondary N) is 2. The van der Waals surface area contributed by atoms with Crippen LogP contribution < -0.4 is 5.32 Å². The van der Waals surface area contributed by atoms with Crippen LogP contribution in [0.25, 0.3) is 10.9 Å². The molecule has 0 aliphatic carbocycles. The number of aromatic amines is 1. The topological polar surface area (TPSA) is 97.5 Å². The van der Waals surface area contributed by atoms with E-state index in [1.807, 2.05) is 0 Å². The van der Waals surface area contributed by atoms with Gasteiger partial charge in [0.1, 0.15) is 5.69 Å². The number of para-hydroxylation sites is 1. The fourth-order valence-corrected chi connectivity index (χ4v) is 2.21. The zero-order valence-electron chi connectivity index (χ0n) is 13.0. The molecule has 0 saturated heterocycles. The highest BCUT2D eigenvalue weighted by atomic mass is 16.5. The summed E-state index contributed by atoms with van der Waals surface area (Å²) in [6, 6.07) is 7.04. The zero-order chi connectivity index (χ0) is 16.8. The largest absolute Gasteiger partial charge is 0.461 e. The smallest absolute Gasteiger partial charge is 0.407 e. The first-order valence-electron chi connectivity index (χ1n) is 7.30. The van der Waals surface area contributed by atoms with Gasteiger partial charge in [0.15, 0.2) is 5.78 Å². The fraction of sp³-hybridized carbons (Fsp3) is 0.312. The van der Waals surface area contributed by atoms with Crippen LogP contribution in [0, 0.1) is 0 Å². The number of esters is 1. The molecule has 1 aromatic heterocycles. The Morgan fingerprint density at radius 3 is 2.48 bits per heavy atom. The maximum absolute atomic E-state index is 12.5. The van der Waals surface area contributed by atoms with Crippen molar-refractivity contribution in [3.8, 4) is 0 Å². The van der Waals surface area contributed by atoms with Crippen LogP contribution in [0.15, 0.2) is 24.3 Å². The van der Waals surface area contributed by atoms with Crippen LogP contribution >= 0.6 is 0 Å². The molecular weight excluding hydrogens is 300 g/mol. The second-order valence-electron chi connectivity index (χ2n) is 4.64. The number of fused-ring (bicyclic) bond motifs is 1. The van der Waals surface area contributed by atoms with Crippen LogP contribution in [0.5, 0.6) is 0 Å². The molecule has 0 fully saturated rings. The molecule has 0 aliphatic rings. The molecule has 0 radical (unpaired) electrons. The number of Topliss-reactive ketones (excluding diaryl/α,β-unsaturated/α-hetero) is 1. The van der Waals surface area contributed by atoms with Gasteiger partial charge in [0, 0.05) is 10.9 Å². The summed E-state index contributed by atoms with van der Waals surface area (Å²) in [6.07, 6.45) is -0.682. The van der Waals surface area contributed by atoms with Gasteiger partial charge in [-0.2, -0.15) is 0 Å². The van der Waals surface area contributed by atoms with Crippen molar-refractivity contribution >= 4 is 28.7 Å². The average molecular weight is 318 g/mol. The third-order valence-corrected chi connectivity index (χ3v) is 3.13. The van der Waals surface area contributed by atoms with Crippen LogP contribution in [-0.4, -0.2) is 42.6 Å². The Balaban J connectivity index is 2.33. The quantitative estimate of drug-likeness (QED) is 0.629. The molecule has 0 aliphatic heterocycles. The highest BCUT2D eigenvalue weighted by molar-refractivity contribution is 6.16. The van der Waals surface area contributed by atoms with Crippen LogP contribution in [0.2, 0.25) is 0 Å². The average Bonchev–Trinajstić information content (AvgIpc) is 2.93. The number of rotatable bonds is 6. The first-order chi connectivity index (χ1) is 11.1. The monoisotopic (exact) mass is 318 g/mol. The normalized spacial score (nSPS) is 10.3. The number of ether oxygens (including phenoxy) is 2. The number of hydrogen-bond acceptors (Lipinski definition) is 5. The van der Waals surface area contributed by atoms with E-state index in [-0.39, 0.29) is 31.0 Å². The highest BCUT2D eigenvalue weighted by Crippen LogP contribution is 2.23. The van der Waals surface area contributed by atoms with E-state index < -0.39 is 17.8 Å². The number of carbonyl (C=O) groups excluding carboxylic acids is 3. The van der Waals surface area contributed by atoms with E-state index in [0.717, 1.165) is 0 Å². The van der Waals surface area contributed by atoms with Gasteiger partial charge in [-0.3, -0.25) is 4.79 Å². The highest BCUT2D eigenvalue weighted by Gasteiger charge is 2.24. The SMILES string of the molecule is CCOC(=O)NCC(=O)c1c(C(=O)OCC)[nH]c2ccccc12. The first kappa shape index (κ1) is 16.5. The van der Waals surface area contributed by atoms with Gasteiger partial charge < -0.3 is 19.8 Å². The fourth-order valence-electron chi connectivity index (χ4n) is 2.21. The van der Waals surface area contributed by atoms with Crippen LogP contribution in [0.4, 0.5) is 4.79 Å². The molecule has 7 heteroatoms.